The molecule has 1 aliphatic heterocycles. The summed E-state index contributed by atoms with van der Waals surface area (Å²) in [4.78, 5) is 14.4. The van der Waals surface area contributed by atoms with Crippen LogP contribution in [0.1, 0.15) is 28.9 Å². The largest absolute Gasteiger partial charge is 0.379 e. The van der Waals surface area contributed by atoms with Crippen molar-refractivity contribution in [2.24, 2.45) is 0 Å². The van der Waals surface area contributed by atoms with Crippen LogP contribution in [-0.2, 0) is 0 Å². The number of aryl methyl sites for hydroxylation is 1. The maximum absolute atomic E-state index is 12.0. The number of anilines is 3. The van der Waals surface area contributed by atoms with Crippen molar-refractivity contribution in [1.29, 1.82) is 0 Å². The molecule has 1 aromatic carbocycles. The molecule has 1 aromatic heterocycles. The summed E-state index contributed by atoms with van der Waals surface area (Å²) >= 11 is 0. The minimum atomic E-state index is -0.425. The van der Waals surface area contributed by atoms with Gasteiger partial charge in [0, 0.05) is 24.5 Å². The number of nitrogens with zero attached hydrogens (tertiary/aromatic N) is 3. The van der Waals surface area contributed by atoms with Crippen LogP contribution in [0.5, 0.6) is 0 Å². The molecule has 0 saturated carbocycles. The Labute approximate surface area is 122 Å². The number of aromatic nitrogens is 2. The fourth-order valence-electron chi connectivity index (χ4n) is 2.49. The highest BCUT2D eigenvalue weighted by Crippen LogP contribution is 2.25. The molecule has 0 atom stereocenters. The van der Waals surface area contributed by atoms with Gasteiger partial charge in [-0.25, -0.2) is 4.63 Å². The van der Waals surface area contributed by atoms with Gasteiger partial charge in [0.05, 0.1) is 0 Å². The highest BCUT2D eigenvalue weighted by molar-refractivity contribution is 6.05. The quantitative estimate of drug-likeness (QED) is 0.893. The van der Waals surface area contributed by atoms with Crippen molar-refractivity contribution < 1.29 is 9.42 Å². The van der Waals surface area contributed by atoms with Crippen LogP contribution in [0.2, 0.25) is 0 Å². The Morgan fingerprint density at radius 1 is 1.33 bits per heavy atom. The fourth-order valence-corrected chi connectivity index (χ4v) is 2.49. The maximum atomic E-state index is 12.0. The van der Waals surface area contributed by atoms with E-state index in [1.165, 1.54) is 18.5 Å². The van der Waals surface area contributed by atoms with Gasteiger partial charge in [0.1, 0.15) is 0 Å². The molecule has 0 spiro atoms. The molecule has 2 aromatic rings. The minimum Gasteiger partial charge on any atom is -0.379 e. The third-order valence-electron chi connectivity index (χ3n) is 3.66. The molecule has 2 heterocycles. The van der Waals surface area contributed by atoms with Crippen LogP contribution in [0.3, 0.4) is 0 Å². The number of nitrogen functional groups attached to an aromatic ring is 1. The van der Waals surface area contributed by atoms with Crippen LogP contribution in [0.25, 0.3) is 0 Å². The molecular formula is C14H17N5O2. The third-order valence-corrected chi connectivity index (χ3v) is 3.66. The second-order valence-corrected chi connectivity index (χ2v) is 5.15. The summed E-state index contributed by atoms with van der Waals surface area (Å²) < 4.78 is 4.43. The highest BCUT2D eigenvalue weighted by atomic mass is 16.6. The van der Waals surface area contributed by atoms with Crippen molar-refractivity contribution in [2.45, 2.75) is 19.8 Å². The summed E-state index contributed by atoms with van der Waals surface area (Å²) in [6.45, 7) is 4.14. The van der Waals surface area contributed by atoms with Crippen LogP contribution in [0.4, 0.5) is 17.2 Å². The highest BCUT2D eigenvalue weighted by Gasteiger charge is 2.18. The normalized spacial score (nSPS) is 14.4. The number of carbonyl (C=O) groups excluding carboxylic acids is 1. The molecule has 7 nitrogen and oxygen atoms in total. The van der Waals surface area contributed by atoms with Gasteiger partial charge >= 0.3 is 0 Å². The van der Waals surface area contributed by atoms with Crippen molar-refractivity contribution >= 4 is 23.1 Å². The molecule has 0 unspecified atom stereocenters. The molecule has 110 valence electrons. The molecule has 0 bridgehead atoms. The summed E-state index contributed by atoms with van der Waals surface area (Å²) in [5, 5.41) is 9.65. The number of amides is 1. The van der Waals surface area contributed by atoms with Crippen molar-refractivity contribution in [3.63, 3.8) is 0 Å². The molecule has 0 aliphatic carbocycles. The van der Waals surface area contributed by atoms with Gasteiger partial charge in [-0.3, -0.25) is 4.79 Å². The Hall–Kier alpha value is -2.57. The van der Waals surface area contributed by atoms with Gasteiger partial charge in [-0.2, -0.15) is 0 Å². The van der Waals surface area contributed by atoms with Crippen LogP contribution < -0.4 is 16.0 Å². The monoisotopic (exact) mass is 287 g/mol. The number of nitrogens with one attached hydrogen (secondary N) is 1. The van der Waals surface area contributed by atoms with Crippen LogP contribution >= 0.6 is 0 Å². The van der Waals surface area contributed by atoms with Crippen molar-refractivity contribution in [3.8, 4) is 0 Å². The van der Waals surface area contributed by atoms with Gasteiger partial charge in [0.25, 0.3) is 5.91 Å². The predicted molar refractivity (Wildman–Crippen MR) is 79.3 cm³/mol. The van der Waals surface area contributed by atoms with E-state index in [2.05, 4.69) is 31.2 Å². The lowest BCUT2D eigenvalue weighted by molar-refractivity contribution is 0.101. The smallest absolute Gasteiger partial charge is 0.281 e. The number of hydrogen-bond donors (Lipinski definition) is 2. The van der Waals surface area contributed by atoms with Gasteiger partial charge in [-0.15, -0.1) is 0 Å². The second kappa shape index (κ2) is 5.43. The lowest BCUT2D eigenvalue weighted by atomic mass is 10.1. The molecule has 1 aliphatic rings. The van der Waals surface area contributed by atoms with E-state index >= 15 is 0 Å². The van der Waals surface area contributed by atoms with E-state index < -0.39 is 5.91 Å². The molecule has 3 rings (SSSR count). The maximum Gasteiger partial charge on any atom is 0.281 e. The summed E-state index contributed by atoms with van der Waals surface area (Å²) in [5.74, 6) is -0.440. The Morgan fingerprint density at radius 3 is 2.71 bits per heavy atom. The summed E-state index contributed by atoms with van der Waals surface area (Å²) in [7, 11) is 0. The molecule has 21 heavy (non-hydrogen) atoms. The Kier molecular flexibility index (Phi) is 3.47. The molecule has 1 amide bonds. The first-order chi connectivity index (χ1) is 10.1. The zero-order valence-electron chi connectivity index (χ0n) is 11.8. The van der Waals surface area contributed by atoms with Gasteiger partial charge in [-0.05, 0) is 53.8 Å². The molecule has 0 radical (unpaired) electrons. The van der Waals surface area contributed by atoms with E-state index in [1.807, 2.05) is 19.1 Å². The van der Waals surface area contributed by atoms with Gasteiger partial charge in [0.2, 0.25) is 11.5 Å². The van der Waals surface area contributed by atoms with E-state index in [0.717, 1.165) is 24.3 Å². The van der Waals surface area contributed by atoms with Crippen LogP contribution in [-0.4, -0.2) is 29.3 Å². The molecule has 1 saturated heterocycles. The summed E-state index contributed by atoms with van der Waals surface area (Å²) in [6, 6.07) is 5.98. The molecule has 3 N–H and O–H groups in total. The Bertz CT molecular complexity index is 661. The second-order valence-electron chi connectivity index (χ2n) is 5.15. The van der Waals surface area contributed by atoms with E-state index in [9.17, 15) is 4.79 Å². The van der Waals surface area contributed by atoms with E-state index in [-0.39, 0.29) is 11.5 Å². The van der Waals surface area contributed by atoms with Crippen LogP contribution in [0.15, 0.2) is 22.8 Å². The first-order valence-corrected chi connectivity index (χ1v) is 6.90. The van der Waals surface area contributed by atoms with Crippen molar-refractivity contribution in [3.05, 3.63) is 29.5 Å². The van der Waals surface area contributed by atoms with Gasteiger partial charge in [0.15, 0.2) is 0 Å². The van der Waals surface area contributed by atoms with Crippen LogP contribution in [0, 0.1) is 6.92 Å². The molecule has 1 fully saturated rings. The number of rotatable bonds is 3. The fraction of sp³-hybridized carbons (Fsp3) is 0.357. The number of hydrogen-bond acceptors (Lipinski definition) is 6. The van der Waals surface area contributed by atoms with Gasteiger partial charge < -0.3 is 16.0 Å². The van der Waals surface area contributed by atoms with E-state index in [4.69, 9.17) is 5.73 Å². The average molecular weight is 287 g/mol. The molecule has 7 heteroatoms. The zero-order valence-corrected chi connectivity index (χ0v) is 11.8. The summed E-state index contributed by atoms with van der Waals surface area (Å²) in [6.07, 6.45) is 2.46. The zero-order chi connectivity index (χ0) is 14.8. The number of carbonyl (C=O) groups is 1. The van der Waals surface area contributed by atoms with Gasteiger partial charge in [-0.1, -0.05) is 0 Å². The topological polar surface area (TPSA) is 97.3 Å². The summed E-state index contributed by atoms with van der Waals surface area (Å²) in [5.41, 5.74) is 8.40. The standard InChI is InChI=1S/C14H17N5O2/c1-9-8-10(19-6-2-3-7-19)4-5-11(9)16-14(20)12-13(15)18-21-17-12/h4-5,8H,2-3,6-7H2,1H3,(H2,15,18)(H,16,20). The lowest BCUT2D eigenvalue weighted by Gasteiger charge is -2.19. The SMILES string of the molecule is Cc1cc(N2CCCC2)ccc1NC(=O)c1nonc1N. The Balaban J connectivity index is 1.77. The predicted octanol–water partition coefficient (Wildman–Crippen LogP) is 1.81. The lowest BCUT2D eigenvalue weighted by Crippen LogP contribution is -2.18. The number of nitrogens with two attached hydrogens (primary N) is 1. The minimum absolute atomic E-state index is 0.00183. The first-order valence-electron chi connectivity index (χ1n) is 6.90. The Morgan fingerprint density at radius 2 is 2.10 bits per heavy atom. The van der Waals surface area contributed by atoms with Crippen molar-refractivity contribution in [1.82, 2.24) is 10.3 Å². The average Bonchev–Trinajstić information content (AvgIpc) is 3.12. The van der Waals surface area contributed by atoms with Crippen molar-refractivity contribution in [2.75, 3.05) is 29.0 Å². The third kappa shape index (κ3) is 2.67. The van der Waals surface area contributed by atoms with E-state index in [0.29, 0.717) is 0 Å². The first kappa shape index (κ1) is 13.4. The van der Waals surface area contributed by atoms with E-state index in [1.54, 1.807) is 0 Å². The molecular weight excluding hydrogens is 270 g/mol. The number of benzene rings is 1.